The second-order valence-electron chi connectivity index (χ2n) is 6.79. The Morgan fingerprint density at radius 2 is 1.89 bits per heavy atom. The van der Waals surface area contributed by atoms with Gasteiger partial charge in [0.15, 0.2) is 0 Å². The predicted molar refractivity (Wildman–Crippen MR) is 101 cm³/mol. The molecule has 0 saturated carbocycles. The highest BCUT2D eigenvalue weighted by Gasteiger charge is 2.46. The first-order chi connectivity index (χ1) is 12.6. The highest BCUT2D eigenvalue weighted by atomic mass is 35.5. The number of benzene rings is 1. The van der Waals surface area contributed by atoms with Crippen molar-refractivity contribution in [3.05, 3.63) is 28.2 Å². The minimum Gasteiger partial charge on any atom is -0.490 e. The molecule has 2 saturated heterocycles. The maximum absolute atomic E-state index is 12.7. The highest BCUT2D eigenvalue weighted by Crippen LogP contribution is 2.28. The molecular weight excluding hydrogens is 417 g/mol. The Morgan fingerprint density at radius 3 is 2.44 bits per heavy atom. The summed E-state index contributed by atoms with van der Waals surface area (Å²) in [4.78, 5) is 23.2. The Bertz CT molecular complexity index is 871. The number of ether oxygens (including phenoxy) is 1. The lowest BCUT2D eigenvalue weighted by atomic mass is 10.1. The molecule has 1 atom stereocenters. The first kappa shape index (κ1) is 20.2. The van der Waals surface area contributed by atoms with Crippen LogP contribution in [-0.4, -0.2) is 55.1 Å². The van der Waals surface area contributed by atoms with Crippen molar-refractivity contribution < 1.29 is 22.7 Å². The van der Waals surface area contributed by atoms with Gasteiger partial charge in [0, 0.05) is 19.2 Å². The maximum atomic E-state index is 12.7. The van der Waals surface area contributed by atoms with Gasteiger partial charge in [-0.05, 0) is 31.9 Å². The summed E-state index contributed by atoms with van der Waals surface area (Å²) in [5.41, 5.74) is -1.47. The molecule has 3 amide bonds. The Morgan fingerprint density at radius 1 is 1.22 bits per heavy atom. The molecule has 2 heterocycles. The largest absolute Gasteiger partial charge is 0.490 e. The van der Waals surface area contributed by atoms with Crippen LogP contribution in [0.15, 0.2) is 18.2 Å². The van der Waals surface area contributed by atoms with Crippen molar-refractivity contribution in [3.63, 3.8) is 0 Å². The van der Waals surface area contributed by atoms with Gasteiger partial charge in [-0.2, -0.15) is 0 Å². The predicted octanol–water partition coefficient (Wildman–Crippen LogP) is 1.76. The van der Waals surface area contributed by atoms with Gasteiger partial charge in [-0.25, -0.2) is 17.5 Å². The summed E-state index contributed by atoms with van der Waals surface area (Å²) >= 11 is 11.8. The number of urea groups is 1. The van der Waals surface area contributed by atoms with Crippen molar-refractivity contribution in [1.29, 1.82) is 0 Å². The molecule has 2 N–H and O–H groups in total. The number of hydrogen-bond acceptors (Lipinski definition) is 5. The fourth-order valence-corrected chi connectivity index (χ4v) is 5.28. The summed E-state index contributed by atoms with van der Waals surface area (Å²) in [6.45, 7) is 1.92. The first-order valence-corrected chi connectivity index (χ1v) is 10.7. The molecule has 1 aromatic carbocycles. The van der Waals surface area contributed by atoms with Crippen molar-refractivity contribution in [2.24, 2.45) is 0 Å². The minimum atomic E-state index is -3.73. The zero-order valence-corrected chi connectivity index (χ0v) is 16.8. The number of nitrogens with zero attached hydrogens (tertiary/aromatic N) is 1. The number of hydrogen-bond donors (Lipinski definition) is 2. The molecule has 27 heavy (non-hydrogen) atoms. The van der Waals surface area contributed by atoms with Crippen molar-refractivity contribution in [2.45, 2.75) is 31.4 Å². The molecular formula is C16H19Cl2N3O5S. The van der Waals surface area contributed by atoms with Crippen LogP contribution in [0.25, 0.3) is 0 Å². The van der Waals surface area contributed by atoms with Crippen molar-refractivity contribution in [3.8, 4) is 5.75 Å². The molecule has 1 aromatic rings. The normalized spacial score (nSPS) is 24.6. The third-order valence-corrected chi connectivity index (χ3v) is 7.41. The van der Waals surface area contributed by atoms with Crippen LogP contribution < -0.4 is 15.4 Å². The molecule has 0 aliphatic carbocycles. The second kappa shape index (κ2) is 7.46. The van der Waals surface area contributed by atoms with Crippen LogP contribution >= 0.6 is 23.2 Å². The average molecular weight is 436 g/mol. The fraction of sp³-hybridized carbons (Fsp3) is 0.500. The molecule has 8 nitrogen and oxygen atoms in total. The Kier molecular flexibility index (Phi) is 5.58. The number of amides is 3. The van der Waals surface area contributed by atoms with E-state index in [0.717, 1.165) is 0 Å². The van der Waals surface area contributed by atoms with Crippen LogP contribution in [0.5, 0.6) is 5.75 Å². The van der Waals surface area contributed by atoms with Crippen LogP contribution in [0.1, 0.15) is 19.8 Å². The van der Waals surface area contributed by atoms with Gasteiger partial charge in [0.25, 0.3) is 5.91 Å². The lowest BCUT2D eigenvalue weighted by Gasteiger charge is -2.33. The van der Waals surface area contributed by atoms with E-state index in [1.54, 1.807) is 18.2 Å². The molecule has 2 aliphatic rings. The molecule has 148 valence electrons. The molecule has 0 radical (unpaired) electrons. The standard InChI is InChI=1S/C16H19Cl2N3O5S/c1-16(14(22)19-15(23)20-16)9-27(24,25)21-6-4-10(5-7-21)26-11-2-3-12(17)13(18)8-11/h2-3,8,10H,4-7,9H2,1H3,(H2,19,20,22,23)/t16-/m1/s1. The van der Waals surface area contributed by atoms with E-state index >= 15 is 0 Å². The minimum absolute atomic E-state index is 0.154. The molecule has 0 spiro atoms. The number of nitrogens with one attached hydrogen (secondary N) is 2. The van der Waals surface area contributed by atoms with Crippen molar-refractivity contribution in [2.75, 3.05) is 18.8 Å². The number of imide groups is 1. The van der Waals surface area contributed by atoms with Crippen LogP contribution in [0, 0.1) is 0 Å². The molecule has 0 aromatic heterocycles. The van der Waals surface area contributed by atoms with Crippen molar-refractivity contribution in [1.82, 2.24) is 14.9 Å². The summed E-state index contributed by atoms with van der Waals surface area (Å²) in [5.74, 6) is -0.562. The quantitative estimate of drug-likeness (QED) is 0.685. The summed E-state index contributed by atoms with van der Waals surface area (Å²) in [5, 5.41) is 5.26. The van der Waals surface area contributed by atoms with E-state index in [-0.39, 0.29) is 19.2 Å². The summed E-state index contributed by atoms with van der Waals surface area (Å²) < 4.78 is 32.5. The van der Waals surface area contributed by atoms with Gasteiger partial charge in [0.1, 0.15) is 17.4 Å². The van der Waals surface area contributed by atoms with Gasteiger partial charge >= 0.3 is 6.03 Å². The van der Waals surface area contributed by atoms with E-state index in [2.05, 4.69) is 10.6 Å². The molecule has 3 rings (SSSR count). The Hall–Kier alpha value is -1.55. The van der Waals surface area contributed by atoms with E-state index < -0.39 is 33.3 Å². The van der Waals surface area contributed by atoms with Gasteiger partial charge in [-0.1, -0.05) is 23.2 Å². The van der Waals surface area contributed by atoms with E-state index in [4.69, 9.17) is 27.9 Å². The molecule has 0 bridgehead atoms. The summed E-state index contributed by atoms with van der Waals surface area (Å²) in [6, 6.07) is 4.28. The number of carbonyl (C=O) groups is 2. The zero-order chi connectivity index (χ0) is 19.8. The van der Waals surface area contributed by atoms with Crippen LogP contribution in [-0.2, 0) is 14.8 Å². The van der Waals surface area contributed by atoms with E-state index in [1.807, 2.05) is 0 Å². The Balaban J connectivity index is 1.58. The molecule has 11 heteroatoms. The SMILES string of the molecule is C[C@]1(CS(=O)(=O)N2CCC(Oc3ccc(Cl)c(Cl)c3)CC2)NC(=O)NC1=O. The zero-order valence-electron chi connectivity index (χ0n) is 14.5. The van der Waals surface area contributed by atoms with Crippen LogP contribution in [0.2, 0.25) is 10.0 Å². The highest BCUT2D eigenvalue weighted by molar-refractivity contribution is 7.89. The van der Waals surface area contributed by atoms with Gasteiger partial charge in [0.2, 0.25) is 10.0 Å². The van der Waals surface area contributed by atoms with Gasteiger partial charge in [0.05, 0.1) is 15.8 Å². The lowest BCUT2D eigenvalue weighted by Crippen LogP contribution is -2.53. The maximum Gasteiger partial charge on any atom is 0.322 e. The first-order valence-electron chi connectivity index (χ1n) is 8.32. The van der Waals surface area contributed by atoms with E-state index in [1.165, 1.54) is 11.2 Å². The monoisotopic (exact) mass is 435 g/mol. The number of sulfonamides is 1. The van der Waals surface area contributed by atoms with Crippen LogP contribution in [0.4, 0.5) is 4.79 Å². The summed E-state index contributed by atoms with van der Waals surface area (Å²) in [7, 11) is -3.73. The smallest absolute Gasteiger partial charge is 0.322 e. The number of carbonyl (C=O) groups excluding carboxylic acids is 2. The fourth-order valence-electron chi connectivity index (χ4n) is 3.11. The average Bonchev–Trinajstić information content (AvgIpc) is 2.82. The lowest BCUT2D eigenvalue weighted by molar-refractivity contribution is -0.122. The summed E-state index contributed by atoms with van der Waals surface area (Å²) in [6.07, 6.45) is 0.836. The second-order valence-corrected chi connectivity index (χ2v) is 9.57. The number of piperidine rings is 1. The third-order valence-electron chi connectivity index (χ3n) is 4.58. The molecule has 2 aliphatic heterocycles. The molecule has 2 fully saturated rings. The van der Waals surface area contributed by atoms with Gasteiger partial charge in [-0.15, -0.1) is 0 Å². The van der Waals surface area contributed by atoms with Gasteiger partial charge < -0.3 is 10.1 Å². The molecule has 0 unspecified atom stereocenters. The van der Waals surface area contributed by atoms with E-state index in [0.29, 0.717) is 28.6 Å². The third kappa shape index (κ3) is 4.48. The van der Waals surface area contributed by atoms with Crippen LogP contribution in [0.3, 0.4) is 0 Å². The van der Waals surface area contributed by atoms with E-state index in [9.17, 15) is 18.0 Å². The number of rotatable bonds is 5. The number of halogens is 2. The van der Waals surface area contributed by atoms with Crippen molar-refractivity contribution >= 4 is 45.2 Å². The topological polar surface area (TPSA) is 105 Å². The van der Waals surface area contributed by atoms with Gasteiger partial charge in [-0.3, -0.25) is 10.1 Å². The Labute approximate surface area is 167 Å².